The molecule has 0 aliphatic rings. The standard InChI is InChI=1S/C93H152O17P2/c1-5-9-13-17-21-25-29-33-37-41-43-47-49-53-57-61-65-69-73-77-90(95)103-83-88(109-92(97)79-75-71-67-63-59-55-51-45-39-35-31-27-23-19-15-11-7-3)85-107-111(99,100)105-81-87(94)82-106-112(101,102)108-86-89(110-93(98)80-76-72-68-64-60-56-52-46-40-36-32-28-24-20-16-12-8-4)84-104-91(96)78-74-70-66-62-58-54-50-48-44-42-38-34-30-26-22-18-14-10-6-2/h9,11-13,15-16,21-28,33-40,43-44,47-48,51,53,55,57,87-89,94H,5-8,10,14,17-20,29-32,41-42,45-46,49-50,52,54,56,58-86H2,1-4H3,(H,99,100)(H,101,102)/b13-9-,15-11-,16-12-,25-21-,26-22-,27-23-,28-24-,37-33-,38-34-,39-35-,40-36-,47-43-,48-44-,55-51-,57-53-. The fraction of sp³-hybridized carbons (Fsp3) is 0.634. The molecular weight excluding hydrogens is 1450 g/mol. The van der Waals surface area contributed by atoms with Crippen molar-refractivity contribution in [3.8, 4) is 0 Å². The van der Waals surface area contributed by atoms with Crippen LogP contribution in [0.5, 0.6) is 0 Å². The predicted molar refractivity (Wildman–Crippen MR) is 463 cm³/mol. The number of aliphatic hydroxyl groups is 1. The van der Waals surface area contributed by atoms with Gasteiger partial charge in [0.15, 0.2) is 12.2 Å². The highest BCUT2D eigenvalue weighted by atomic mass is 31.2. The van der Waals surface area contributed by atoms with Crippen molar-refractivity contribution in [2.24, 2.45) is 0 Å². The molecule has 5 unspecified atom stereocenters. The van der Waals surface area contributed by atoms with E-state index in [0.29, 0.717) is 25.7 Å². The van der Waals surface area contributed by atoms with E-state index in [4.69, 9.17) is 37.0 Å². The quantitative estimate of drug-likeness (QED) is 0.0169. The van der Waals surface area contributed by atoms with Gasteiger partial charge in [0, 0.05) is 25.7 Å². The number of hydrogen-bond acceptors (Lipinski definition) is 15. The Morgan fingerprint density at radius 1 is 0.259 bits per heavy atom. The molecule has 0 aliphatic carbocycles. The highest BCUT2D eigenvalue weighted by Crippen LogP contribution is 2.45. The van der Waals surface area contributed by atoms with Crippen LogP contribution in [0.3, 0.4) is 0 Å². The number of aliphatic hydroxyl groups excluding tert-OH is 1. The van der Waals surface area contributed by atoms with Crippen molar-refractivity contribution < 1.29 is 80.2 Å². The summed E-state index contributed by atoms with van der Waals surface area (Å²) in [5.74, 6) is -2.27. The van der Waals surface area contributed by atoms with E-state index in [1.165, 1.54) is 19.3 Å². The lowest BCUT2D eigenvalue weighted by Crippen LogP contribution is -2.30. The molecule has 0 fully saturated rings. The first kappa shape index (κ1) is 106. The molecule has 19 heteroatoms. The Balaban J connectivity index is 5.48. The minimum Gasteiger partial charge on any atom is -0.462 e. The zero-order valence-electron chi connectivity index (χ0n) is 69.8. The van der Waals surface area contributed by atoms with Crippen molar-refractivity contribution in [3.05, 3.63) is 182 Å². The van der Waals surface area contributed by atoms with E-state index in [-0.39, 0.29) is 25.7 Å². The average molecular weight is 1600 g/mol. The largest absolute Gasteiger partial charge is 0.472 e. The van der Waals surface area contributed by atoms with Crippen LogP contribution in [0.2, 0.25) is 0 Å². The molecule has 0 spiro atoms. The van der Waals surface area contributed by atoms with Crippen LogP contribution in [-0.2, 0) is 65.4 Å². The van der Waals surface area contributed by atoms with E-state index < -0.39 is 97.5 Å². The van der Waals surface area contributed by atoms with Crippen molar-refractivity contribution >= 4 is 39.5 Å². The normalized spacial score (nSPS) is 14.7. The highest BCUT2D eigenvalue weighted by Gasteiger charge is 2.30. The van der Waals surface area contributed by atoms with Gasteiger partial charge in [0.1, 0.15) is 19.3 Å². The summed E-state index contributed by atoms with van der Waals surface area (Å²) >= 11 is 0. The molecule has 0 aromatic rings. The molecule has 0 aromatic carbocycles. The van der Waals surface area contributed by atoms with Gasteiger partial charge < -0.3 is 33.8 Å². The maximum atomic E-state index is 13.2. The molecule has 0 saturated carbocycles. The number of unbranched alkanes of at least 4 members (excludes halogenated alkanes) is 23. The van der Waals surface area contributed by atoms with E-state index in [9.17, 15) is 43.2 Å². The number of ether oxygens (including phenoxy) is 4. The first-order chi connectivity index (χ1) is 54.7. The molecule has 0 rings (SSSR count). The van der Waals surface area contributed by atoms with Crippen LogP contribution < -0.4 is 0 Å². The first-order valence-electron chi connectivity index (χ1n) is 43.0. The fourth-order valence-electron chi connectivity index (χ4n) is 10.9. The van der Waals surface area contributed by atoms with E-state index in [0.717, 1.165) is 225 Å². The number of rotatable bonds is 79. The molecule has 0 heterocycles. The molecule has 0 radical (unpaired) electrons. The summed E-state index contributed by atoms with van der Waals surface area (Å²) in [6.07, 6.45) is 101. The fourth-order valence-corrected chi connectivity index (χ4v) is 12.5. The summed E-state index contributed by atoms with van der Waals surface area (Å²) in [5.41, 5.74) is 0. The maximum Gasteiger partial charge on any atom is 0.472 e. The Kier molecular flexibility index (Phi) is 78.8. The van der Waals surface area contributed by atoms with Crippen LogP contribution in [0.15, 0.2) is 182 Å². The second kappa shape index (κ2) is 83.1. The van der Waals surface area contributed by atoms with Crippen LogP contribution in [0.4, 0.5) is 0 Å². The second-order valence-corrected chi connectivity index (χ2v) is 30.9. The predicted octanol–water partition coefficient (Wildman–Crippen LogP) is 25.9. The lowest BCUT2D eigenvalue weighted by molar-refractivity contribution is -0.161. The number of esters is 4. The van der Waals surface area contributed by atoms with Crippen LogP contribution in [0.25, 0.3) is 0 Å². The number of carbonyl (C=O) groups is 4. The van der Waals surface area contributed by atoms with Gasteiger partial charge in [-0.15, -0.1) is 0 Å². The third-order valence-electron chi connectivity index (χ3n) is 17.3. The Hall–Kier alpha value is -5.84. The molecule has 0 aromatic heterocycles. The topological polar surface area (TPSA) is 237 Å². The third-order valence-corrected chi connectivity index (χ3v) is 19.2. The number of carbonyl (C=O) groups excluding carboxylic acids is 4. The molecule has 112 heavy (non-hydrogen) atoms. The smallest absolute Gasteiger partial charge is 0.462 e. The lowest BCUT2D eigenvalue weighted by Gasteiger charge is -2.21. The van der Waals surface area contributed by atoms with Crippen LogP contribution >= 0.6 is 15.6 Å². The molecule has 17 nitrogen and oxygen atoms in total. The van der Waals surface area contributed by atoms with Crippen molar-refractivity contribution in [2.45, 2.75) is 341 Å². The molecule has 5 atom stereocenters. The third kappa shape index (κ3) is 82.2. The van der Waals surface area contributed by atoms with Crippen molar-refractivity contribution in [2.75, 3.05) is 39.6 Å². The summed E-state index contributed by atoms with van der Waals surface area (Å²) in [7, 11) is -10.0. The zero-order valence-corrected chi connectivity index (χ0v) is 71.6. The monoisotopic (exact) mass is 1600 g/mol. The highest BCUT2D eigenvalue weighted by molar-refractivity contribution is 7.47. The van der Waals surface area contributed by atoms with Crippen LogP contribution in [-0.4, -0.2) is 96.7 Å². The van der Waals surface area contributed by atoms with Gasteiger partial charge in [-0.1, -0.05) is 300 Å². The van der Waals surface area contributed by atoms with Gasteiger partial charge in [-0.3, -0.25) is 37.3 Å². The van der Waals surface area contributed by atoms with E-state index >= 15 is 0 Å². The van der Waals surface area contributed by atoms with Crippen molar-refractivity contribution in [1.29, 1.82) is 0 Å². The zero-order chi connectivity index (χ0) is 81.7. The average Bonchev–Trinajstić information content (AvgIpc) is 0.895. The van der Waals surface area contributed by atoms with Crippen LogP contribution in [0, 0.1) is 0 Å². The van der Waals surface area contributed by atoms with Gasteiger partial charge in [0.2, 0.25) is 0 Å². The number of phosphoric acid groups is 2. The molecule has 0 saturated heterocycles. The minimum absolute atomic E-state index is 0.0522. The van der Waals surface area contributed by atoms with Gasteiger partial charge in [0.25, 0.3) is 0 Å². The lowest BCUT2D eigenvalue weighted by atomic mass is 10.1. The first-order valence-corrected chi connectivity index (χ1v) is 46.0. The van der Waals surface area contributed by atoms with Crippen molar-refractivity contribution in [3.63, 3.8) is 0 Å². The Morgan fingerprint density at radius 2 is 0.464 bits per heavy atom. The summed E-state index contributed by atoms with van der Waals surface area (Å²) in [6.45, 7) is 4.43. The summed E-state index contributed by atoms with van der Waals surface area (Å²) in [5, 5.41) is 10.7. The Labute approximate surface area is 679 Å². The van der Waals surface area contributed by atoms with E-state index in [1.807, 2.05) is 0 Å². The minimum atomic E-state index is -5.01. The maximum absolute atomic E-state index is 13.2. The van der Waals surface area contributed by atoms with E-state index in [2.05, 4.69) is 210 Å². The SMILES string of the molecule is CC/C=C\C/C=C\C/C=C\C/C=C\C/C=C\CCCCCC(=O)OCC(COP(=O)(O)OCC(O)COP(=O)(O)OCC(COC(=O)CCCCCCCC/C=C\C/C=C\C/C=C\CCCCC)OC(=O)CCCCCCCCC/C=C\C/C=C\C/C=C\CC)OC(=O)CCCCCC/C=C\C/C=C\C/C=C\C/C=C\CC. The van der Waals surface area contributed by atoms with Crippen molar-refractivity contribution in [1.82, 2.24) is 0 Å². The molecule has 0 bridgehead atoms. The summed E-state index contributed by atoms with van der Waals surface area (Å²) in [4.78, 5) is 73.3. The van der Waals surface area contributed by atoms with Gasteiger partial charge in [-0.25, -0.2) is 9.13 Å². The van der Waals surface area contributed by atoms with Gasteiger partial charge >= 0.3 is 39.5 Å². The molecular formula is C93H152O17P2. The van der Waals surface area contributed by atoms with Gasteiger partial charge in [-0.2, -0.15) is 0 Å². The number of allylic oxidation sites excluding steroid dienone is 30. The molecule has 0 aliphatic heterocycles. The number of phosphoric ester groups is 2. The summed E-state index contributed by atoms with van der Waals surface area (Å²) in [6, 6.07) is 0. The molecule has 636 valence electrons. The molecule has 3 N–H and O–H groups in total. The Bertz CT molecular complexity index is 2840. The van der Waals surface area contributed by atoms with E-state index in [1.54, 1.807) is 0 Å². The summed E-state index contributed by atoms with van der Waals surface area (Å²) < 4.78 is 68.8. The number of hydrogen-bond donors (Lipinski definition) is 3. The molecule has 0 amide bonds. The van der Waals surface area contributed by atoms with Gasteiger partial charge in [-0.05, 0) is 180 Å². The van der Waals surface area contributed by atoms with Crippen LogP contribution in [0.1, 0.15) is 323 Å². The second-order valence-electron chi connectivity index (χ2n) is 28.0. The Morgan fingerprint density at radius 3 is 0.723 bits per heavy atom. The van der Waals surface area contributed by atoms with Gasteiger partial charge in [0.05, 0.1) is 26.4 Å².